The van der Waals surface area contributed by atoms with E-state index in [1.165, 1.54) is 18.6 Å². The van der Waals surface area contributed by atoms with E-state index in [0.29, 0.717) is 5.92 Å². The molecule has 1 heterocycles. The Morgan fingerprint density at radius 2 is 2.45 bits per heavy atom. The Morgan fingerprint density at radius 3 is 2.91 bits per heavy atom. The molecule has 0 aromatic carbocycles. The highest BCUT2D eigenvalue weighted by molar-refractivity contribution is 7.99. The molecular formula is C8H17NOS. The number of thioether (sulfide) groups is 1. The van der Waals surface area contributed by atoms with E-state index in [4.69, 9.17) is 10.8 Å². The largest absolute Gasteiger partial charge is 0.394 e. The minimum atomic E-state index is -0.354. The van der Waals surface area contributed by atoms with Crippen LogP contribution in [0.5, 0.6) is 0 Å². The SMILES string of the molecule is CC(N)(CO)C1CCCSC1. The van der Waals surface area contributed by atoms with Crippen molar-refractivity contribution in [1.82, 2.24) is 0 Å². The topological polar surface area (TPSA) is 46.2 Å². The van der Waals surface area contributed by atoms with E-state index >= 15 is 0 Å². The minimum Gasteiger partial charge on any atom is -0.394 e. The summed E-state index contributed by atoms with van der Waals surface area (Å²) in [6, 6.07) is 0. The van der Waals surface area contributed by atoms with Crippen molar-refractivity contribution in [2.75, 3.05) is 18.1 Å². The molecule has 2 atom stereocenters. The monoisotopic (exact) mass is 175 g/mol. The molecule has 2 unspecified atom stereocenters. The molecule has 0 amide bonds. The maximum atomic E-state index is 9.01. The van der Waals surface area contributed by atoms with Crippen LogP contribution in [0, 0.1) is 5.92 Å². The van der Waals surface area contributed by atoms with E-state index in [1.54, 1.807) is 0 Å². The lowest BCUT2D eigenvalue weighted by molar-refractivity contribution is 0.157. The Hall–Kier alpha value is 0.270. The molecule has 0 radical (unpaired) electrons. The summed E-state index contributed by atoms with van der Waals surface area (Å²) in [5.41, 5.74) is 5.57. The van der Waals surface area contributed by atoms with Crippen LogP contribution in [-0.2, 0) is 0 Å². The summed E-state index contributed by atoms with van der Waals surface area (Å²) in [6.45, 7) is 2.06. The van der Waals surface area contributed by atoms with Crippen LogP contribution in [0.3, 0.4) is 0 Å². The lowest BCUT2D eigenvalue weighted by Gasteiger charge is -2.34. The quantitative estimate of drug-likeness (QED) is 0.654. The lowest BCUT2D eigenvalue weighted by atomic mass is 9.85. The maximum Gasteiger partial charge on any atom is 0.0611 e. The first kappa shape index (κ1) is 9.36. The van der Waals surface area contributed by atoms with Crippen molar-refractivity contribution < 1.29 is 5.11 Å². The highest BCUT2D eigenvalue weighted by Gasteiger charge is 2.30. The van der Waals surface area contributed by atoms with Gasteiger partial charge in [0.1, 0.15) is 0 Å². The number of hydrogen-bond acceptors (Lipinski definition) is 3. The highest BCUT2D eigenvalue weighted by atomic mass is 32.2. The summed E-state index contributed by atoms with van der Waals surface area (Å²) in [5, 5.41) is 9.01. The Balaban J connectivity index is 2.43. The fraction of sp³-hybridized carbons (Fsp3) is 1.00. The Morgan fingerprint density at radius 1 is 1.73 bits per heavy atom. The van der Waals surface area contributed by atoms with Gasteiger partial charge in [0.2, 0.25) is 0 Å². The van der Waals surface area contributed by atoms with E-state index in [0.717, 1.165) is 5.75 Å². The molecule has 0 spiro atoms. The molecule has 11 heavy (non-hydrogen) atoms. The third-order valence-electron chi connectivity index (χ3n) is 2.43. The van der Waals surface area contributed by atoms with Crippen molar-refractivity contribution in [2.45, 2.75) is 25.3 Å². The van der Waals surface area contributed by atoms with Crippen LogP contribution < -0.4 is 5.73 Å². The zero-order valence-electron chi connectivity index (χ0n) is 7.05. The van der Waals surface area contributed by atoms with Crippen molar-refractivity contribution in [2.24, 2.45) is 11.7 Å². The zero-order chi connectivity index (χ0) is 8.32. The van der Waals surface area contributed by atoms with Gasteiger partial charge in [-0.25, -0.2) is 0 Å². The summed E-state index contributed by atoms with van der Waals surface area (Å²) in [7, 11) is 0. The average Bonchev–Trinajstić information content (AvgIpc) is 2.06. The molecule has 66 valence electrons. The Labute approximate surface area is 72.5 Å². The van der Waals surface area contributed by atoms with Crippen molar-refractivity contribution in [3.63, 3.8) is 0 Å². The summed E-state index contributed by atoms with van der Waals surface area (Å²) < 4.78 is 0. The number of hydrogen-bond donors (Lipinski definition) is 2. The van der Waals surface area contributed by atoms with Crippen LogP contribution in [0.2, 0.25) is 0 Å². The van der Waals surface area contributed by atoms with E-state index in [1.807, 2.05) is 18.7 Å². The van der Waals surface area contributed by atoms with Crippen LogP contribution in [-0.4, -0.2) is 28.8 Å². The van der Waals surface area contributed by atoms with E-state index in [2.05, 4.69) is 0 Å². The molecule has 0 saturated carbocycles. The molecule has 1 saturated heterocycles. The first-order chi connectivity index (χ1) is 5.17. The standard InChI is InChI=1S/C8H17NOS/c1-8(9,6-10)7-3-2-4-11-5-7/h7,10H,2-6,9H2,1H3. The van der Waals surface area contributed by atoms with Gasteiger partial charge >= 0.3 is 0 Å². The maximum absolute atomic E-state index is 9.01. The van der Waals surface area contributed by atoms with Crippen molar-refractivity contribution in [1.29, 1.82) is 0 Å². The first-order valence-electron chi connectivity index (χ1n) is 4.14. The van der Waals surface area contributed by atoms with Crippen molar-refractivity contribution in [3.05, 3.63) is 0 Å². The summed E-state index contributed by atoms with van der Waals surface area (Å²) in [4.78, 5) is 0. The van der Waals surface area contributed by atoms with Gasteiger partial charge in [0, 0.05) is 5.54 Å². The van der Waals surface area contributed by atoms with Gasteiger partial charge < -0.3 is 10.8 Å². The fourth-order valence-electron chi connectivity index (χ4n) is 1.39. The Kier molecular flexibility index (Phi) is 3.22. The van der Waals surface area contributed by atoms with Crippen molar-refractivity contribution in [3.8, 4) is 0 Å². The normalized spacial score (nSPS) is 31.4. The van der Waals surface area contributed by atoms with Gasteiger partial charge in [-0.1, -0.05) is 0 Å². The van der Waals surface area contributed by atoms with E-state index in [9.17, 15) is 0 Å². The summed E-state index contributed by atoms with van der Waals surface area (Å²) in [6.07, 6.45) is 2.43. The van der Waals surface area contributed by atoms with Gasteiger partial charge in [0.05, 0.1) is 6.61 Å². The summed E-state index contributed by atoms with van der Waals surface area (Å²) >= 11 is 1.95. The highest BCUT2D eigenvalue weighted by Crippen LogP contribution is 2.29. The number of aliphatic hydroxyl groups is 1. The van der Waals surface area contributed by atoms with E-state index in [-0.39, 0.29) is 12.1 Å². The molecule has 0 aromatic heterocycles. The minimum absolute atomic E-state index is 0.109. The predicted octanol–water partition coefficient (Wildman–Crippen LogP) is 0.839. The molecule has 0 bridgehead atoms. The average molecular weight is 175 g/mol. The molecule has 3 N–H and O–H groups in total. The number of nitrogens with two attached hydrogens (primary N) is 1. The molecule has 3 heteroatoms. The molecular weight excluding hydrogens is 158 g/mol. The molecule has 1 aliphatic heterocycles. The van der Waals surface area contributed by atoms with Gasteiger partial charge in [-0.05, 0) is 37.2 Å². The van der Waals surface area contributed by atoms with Crippen LogP contribution >= 0.6 is 11.8 Å². The number of rotatable bonds is 2. The molecule has 1 aliphatic rings. The molecule has 1 fully saturated rings. The lowest BCUT2D eigenvalue weighted by Crippen LogP contribution is -2.49. The smallest absolute Gasteiger partial charge is 0.0611 e. The van der Waals surface area contributed by atoms with Crippen LogP contribution in [0.15, 0.2) is 0 Å². The van der Waals surface area contributed by atoms with Gasteiger partial charge in [0.15, 0.2) is 0 Å². The second kappa shape index (κ2) is 3.78. The van der Waals surface area contributed by atoms with Gasteiger partial charge in [-0.15, -0.1) is 0 Å². The van der Waals surface area contributed by atoms with Crippen LogP contribution in [0.25, 0.3) is 0 Å². The second-order valence-electron chi connectivity index (χ2n) is 3.58. The first-order valence-corrected chi connectivity index (χ1v) is 5.30. The molecule has 2 nitrogen and oxygen atoms in total. The van der Waals surface area contributed by atoms with Gasteiger partial charge in [-0.3, -0.25) is 0 Å². The summed E-state index contributed by atoms with van der Waals surface area (Å²) in [5.74, 6) is 2.89. The van der Waals surface area contributed by atoms with Crippen LogP contribution in [0.4, 0.5) is 0 Å². The van der Waals surface area contributed by atoms with Crippen molar-refractivity contribution >= 4 is 11.8 Å². The third-order valence-corrected chi connectivity index (χ3v) is 3.65. The molecule has 0 aromatic rings. The van der Waals surface area contributed by atoms with Gasteiger partial charge in [-0.2, -0.15) is 11.8 Å². The predicted molar refractivity (Wildman–Crippen MR) is 49.7 cm³/mol. The fourth-order valence-corrected chi connectivity index (χ4v) is 2.76. The van der Waals surface area contributed by atoms with E-state index < -0.39 is 0 Å². The third kappa shape index (κ3) is 2.36. The van der Waals surface area contributed by atoms with Crippen LogP contribution in [0.1, 0.15) is 19.8 Å². The second-order valence-corrected chi connectivity index (χ2v) is 4.73. The molecule has 0 aliphatic carbocycles. The molecule has 1 rings (SSSR count). The van der Waals surface area contributed by atoms with Gasteiger partial charge in [0.25, 0.3) is 0 Å². The number of aliphatic hydroxyl groups excluding tert-OH is 1. The Bertz CT molecular complexity index is 121. The zero-order valence-corrected chi connectivity index (χ0v) is 7.86.